The maximum absolute atomic E-state index is 5.83. The lowest BCUT2D eigenvalue weighted by Gasteiger charge is -2.14. The van der Waals surface area contributed by atoms with E-state index >= 15 is 0 Å². The summed E-state index contributed by atoms with van der Waals surface area (Å²) in [5.41, 5.74) is 6.80. The Morgan fingerprint density at radius 1 is 1.53 bits per heavy atom. The van der Waals surface area contributed by atoms with Gasteiger partial charge in [0.2, 0.25) is 0 Å². The number of ether oxygens (including phenoxy) is 2. The van der Waals surface area contributed by atoms with Gasteiger partial charge in [-0.25, -0.2) is 0 Å². The minimum atomic E-state index is -0.0595. The molecule has 0 radical (unpaired) electrons. The Morgan fingerprint density at radius 2 is 2.27 bits per heavy atom. The third-order valence-corrected chi connectivity index (χ3v) is 2.07. The second-order valence-electron chi connectivity index (χ2n) is 3.29. The SMILES string of the molecule is C=CCOc1cc(OC)ccc1[C@@H](C)N. The van der Waals surface area contributed by atoms with E-state index in [0.29, 0.717) is 6.61 Å². The van der Waals surface area contributed by atoms with Crippen LogP contribution in [0.25, 0.3) is 0 Å². The molecule has 0 aliphatic rings. The highest BCUT2D eigenvalue weighted by atomic mass is 16.5. The van der Waals surface area contributed by atoms with Crippen molar-refractivity contribution in [2.75, 3.05) is 13.7 Å². The summed E-state index contributed by atoms with van der Waals surface area (Å²) in [6.45, 7) is 5.99. The van der Waals surface area contributed by atoms with Crippen LogP contribution in [0.5, 0.6) is 11.5 Å². The molecule has 0 saturated carbocycles. The van der Waals surface area contributed by atoms with Crippen molar-refractivity contribution in [3.8, 4) is 11.5 Å². The molecule has 0 aromatic heterocycles. The molecule has 3 nitrogen and oxygen atoms in total. The molecule has 0 aliphatic heterocycles. The van der Waals surface area contributed by atoms with Crippen molar-refractivity contribution in [3.05, 3.63) is 36.4 Å². The lowest BCUT2D eigenvalue weighted by molar-refractivity contribution is 0.351. The fraction of sp³-hybridized carbons (Fsp3) is 0.333. The van der Waals surface area contributed by atoms with Crippen LogP contribution >= 0.6 is 0 Å². The van der Waals surface area contributed by atoms with Gasteiger partial charge in [0.05, 0.1) is 7.11 Å². The Kier molecular flexibility index (Phi) is 4.18. The topological polar surface area (TPSA) is 44.5 Å². The summed E-state index contributed by atoms with van der Waals surface area (Å²) in [7, 11) is 1.62. The second-order valence-corrected chi connectivity index (χ2v) is 3.29. The lowest BCUT2D eigenvalue weighted by atomic mass is 10.1. The van der Waals surface area contributed by atoms with Crippen LogP contribution in [-0.2, 0) is 0 Å². The van der Waals surface area contributed by atoms with Gasteiger partial charge in [-0.3, -0.25) is 0 Å². The van der Waals surface area contributed by atoms with Gasteiger partial charge < -0.3 is 15.2 Å². The Hall–Kier alpha value is -1.48. The van der Waals surface area contributed by atoms with Gasteiger partial charge >= 0.3 is 0 Å². The van der Waals surface area contributed by atoms with Gasteiger partial charge in [-0.15, -0.1) is 0 Å². The maximum Gasteiger partial charge on any atom is 0.128 e. The van der Waals surface area contributed by atoms with Crippen molar-refractivity contribution in [3.63, 3.8) is 0 Å². The van der Waals surface area contributed by atoms with E-state index in [0.717, 1.165) is 17.1 Å². The number of hydrogen-bond acceptors (Lipinski definition) is 3. The van der Waals surface area contributed by atoms with Crippen LogP contribution < -0.4 is 15.2 Å². The summed E-state index contributed by atoms with van der Waals surface area (Å²) in [6.07, 6.45) is 1.70. The Labute approximate surface area is 90.5 Å². The number of methoxy groups -OCH3 is 1. The van der Waals surface area contributed by atoms with Crippen LogP contribution in [0.4, 0.5) is 0 Å². The molecule has 0 bridgehead atoms. The van der Waals surface area contributed by atoms with Crippen LogP contribution in [0.2, 0.25) is 0 Å². The van der Waals surface area contributed by atoms with E-state index in [4.69, 9.17) is 15.2 Å². The van der Waals surface area contributed by atoms with Crippen molar-refractivity contribution in [2.45, 2.75) is 13.0 Å². The van der Waals surface area contributed by atoms with Crippen LogP contribution in [0.15, 0.2) is 30.9 Å². The van der Waals surface area contributed by atoms with E-state index in [1.54, 1.807) is 13.2 Å². The van der Waals surface area contributed by atoms with Crippen LogP contribution in [0.1, 0.15) is 18.5 Å². The van der Waals surface area contributed by atoms with Crippen LogP contribution in [0.3, 0.4) is 0 Å². The fourth-order valence-electron chi connectivity index (χ4n) is 1.29. The minimum Gasteiger partial charge on any atom is -0.497 e. The zero-order valence-electron chi connectivity index (χ0n) is 9.19. The standard InChI is InChI=1S/C12H17NO2/c1-4-7-15-12-8-10(14-3)5-6-11(12)9(2)13/h4-6,8-9H,1,7,13H2,2-3H3/t9-/m1/s1. The molecule has 3 heteroatoms. The largest absolute Gasteiger partial charge is 0.497 e. The van der Waals surface area contributed by atoms with Crippen molar-refractivity contribution >= 4 is 0 Å². The highest BCUT2D eigenvalue weighted by Crippen LogP contribution is 2.28. The predicted molar refractivity (Wildman–Crippen MR) is 61.3 cm³/mol. The number of nitrogens with two attached hydrogens (primary N) is 1. The summed E-state index contributed by atoms with van der Waals surface area (Å²) in [4.78, 5) is 0. The average molecular weight is 207 g/mol. The van der Waals surface area contributed by atoms with E-state index in [1.165, 1.54) is 0 Å². The third kappa shape index (κ3) is 2.99. The summed E-state index contributed by atoms with van der Waals surface area (Å²) < 4.78 is 10.6. The first kappa shape index (κ1) is 11.6. The third-order valence-electron chi connectivity index (χ3n) is 2.07. The lowest BCUT2D eigenvalue weighted by Crippen LogP contribution is -2.08. The average Bonchev–Trinajstić information content (AvgIpc) is 2.25. The number of hydrogen-bond donors (Lipinski definition) is 1. The van der Waals surface area contributed by atoms with Gasteiger partial charge in [-0.2, -0.15) is 0 Å². The molecule has 0 unspecified atom stereocenters. The Balaban J connectivity index is 2.99. The van der Waals surface area contributed by atoms with Crippen LogP contribution in [0, 0.1) is 0 Å². The van der Waals surface area contributed by atoms with E-state index < -0.39 is 0 Å². The second kappa shape index (κ2) is 5.41. The van der Waals surface area contributed by atoms with Crippen molar-refractivity contribution in [1.29, 1.82) is 0 Å². The number of benzene rings is 1. The molecule has 15 heavy (non-hydrogen) atoms. The summed E-state index contributed by atoms with van der Waals surface area (Å²) in [5.74, 6) is 1.52. The first-order valence-electron chi connectivity index (χ1n) is 4.86. The molecule has 1 rings (SSSR count). The predicted octanol–water partition coefficient (Wildman–Crippen LogP) is 2.28. The van der Waals surface area contributed by atoms with E-state index in [2.05, 4.69) is 6.58 Å². The molecule has 0 heterocycles. The van der Waals surface area contributed by atoms with Crippen molar-refractivity contribution < 1.29 is 9.47 Å². The molecule has 0 amide bonds. The summed E-state index contributed by atoms with van der Waals surface area (Å²) >= 11 is 0. The van der Waals surface area contributed by atoms with Gasteiger partial charge in [0.1, 0.15) is 18.1 Å². The zero-order valence-corrected chi connectivity index (χ0v) is 9.19. The molecule has 0 aliphatic carbocycles. The molecule has 1 aromatic carbocycles. The maximum atomic E-state index is 5.83. The Morgan fingerprint density at radius 3 is 2.80 bits per heavy atom. The first-order valence-corrected chi connectivity index (χ1v) is 4.86. The van der Waals surface area contributed by atoms with E-state index in [-0.39, 0.29) is 6.04 Å². The molecule has 0 spiro atoms. The van der Waals surface area contributed by atoms with E-state index in [9.17, 15) is 0 Å². The molecular weight excluding hydrogens is 190 g/mol. The Bertz CT molecular complexity index is 334. The monoisotopic (exact) mass is 207 g/mol. The van der Waals surface area contributed by atoms with Gasteiger partial charge in [0.25, 0.3) is 0 Å². The summed E-state index contributed by atoms with van der Waals surface area (Å²) in [5, 5.41) is 0. The van der Waals surface area contributed by atoms with Crippen molar-refractivity contribution in [1.82, 2.24) is 0 Å². The minimum absolute atomic E-state index is 0.0595. The van der Waals surface area contributed by atoms with Crippen molar-refractivity contribution in [2.24, 2.45) is 5.73 Å². The highest BCUT2D eigenvalue weighted by molar-refractivity contribution is 5.42. The molecule has 1 aromatic rings. The molecule has 0 saturated heterocycles. The molecular formula is C12H17NO2. The van der Waals surface area contributed by atoms with Gasteiger partial charge in [0, 0.05) is 17.7 Å². The number of rotatable bonds is 5. The molecule has 1 atom stereocenters. The summed E-state index contributed by atoms with van der Waals surface area (Å²) in [6, 6.07) is 5.57. The molecule has 0 fully saturated rings. The van der Waals surface area contributed by atoms with Crippen LogP contribution in [-0.4, -0.2) is 13.7 Å². The van der Waals surface area contributed by atoms with Gasteiger partial charge in [0.15, 0.2) is 0 Å². The van der Waals surface area contributed by atoms with Gasteiger partial charge in [-0.1, -0.05) is 18.7 Å². The zero-order chi connectivity index (χ0) is 11.3. The molecule has 82 valence electrons. The van der Waals surface area contributed by atoms with Gasteiger partial charge in [-0.05, 0) is 13.0 Å². The quantitative estimate of drug-likeness (QED) is 0.753. The fourth-order valence-corrected chi connectivity index (χ4v) is 1.29. The normalized spacial score (nSPS) is 11.9. The smallest absolute Gasteiger partial charge is 0.128 e. The van der Waals surface area contributed by atoms with E-state index in [1.807, 2.05) is 25.1 Å². The first-order chi connectivity index (χ1) is 7.19. The highest BCUT2D eigenvalue weighted by Gasteiger charge is 2.08. The molecule has 2 N–H and O–H groups in total.